The van der Waals surface area contributed by atoms with E-state index in [4.69, 9.17) is 11.0 Å². The molecule has 0 spiro atoms. The second-order valence-corrected chi connectivity index (χ2v) is 4.82. The zero-order chi connectivity index (χ0) is 13.5. The van der Waals surface area contributed by atoms with E-state index < -0.39 is 0 Å². The summed E-state index contributed by atoms with van der Waals surface area (Å²) in [5.41, 5.74) is 6.48. The van der Waals surface area contributed by atoms with Gasteiger partial charge in [0.1, 0.15) is 21.5 Å². The Bertz CT molecular complexity index is 461. The molecule has 0 aliphatic heterocycles. The summed E-state index contributed by atoms with van der Waals surface area (Å²) in [7, 11) is 0. The van der Waals surface area contributed by atoms with Crippen LogP contribution < -0.4 is 16.4 Å². The first kappa shape index (κ1) is 14.3. The van der Waals surface area contributed by atoms with Gasteiger partial charge in [0.05, 0.1) is 5.69 Å². The van der Waals surface area contributed by atoms with Crippen molar-refractivity contribution in [3.8, 4) is 6.07 Å². The molecule has 4 N–H and O–H groups in total. The summed E-state index contributed by atoms with van der Waals surface area (Å²) >= 11 is 1.24. The van der Waals surface area contributed by atoms with Crippen molar-refractivity contribution in [3.05, 3.63) is 10.4 Å². The van der Waals surface area contributed by atoms with Gasteiger partial charge in [-0.3, -0.25) is 4.79 Å². The largest absolute Gasteiger partial charge is 0.396 e. The number of nitrogens with one attached hydrogen (secondary N) is 2. The molecule has 0 aromatic carbocycles. The Hall–Kier alpha value is -1.74. The molecule has 0 atom stereocenters. The van der Waals surface area contributed by atoms with Crippen LogP contribution in [-0.4, -0.2) is 19.0 Å². The van der Waals surface area contributed by atoms with E-state index >= 15 is 0 Å². The monoisotopic (exact) mass is 266 g/mol. The van der Waals surface area contributed by atoms with Gasteiger partial charge in [0, 0.05) is 13.1 Å². The molecule has 0 aliphatic carbocycles. The highest BCUT2D eigenvalue weighted by Crippen LogP contribution is 2.35. The third kappa shape index (κ3) is 3.14. The number of carbonyl (C=O) groups excluding carboxylic acids is 1. The minimum absolute atomic E-state index is 0.222. The van der Waals surface area contributed by atoms with Crippen molar-refractivity contribution in [1.82, 2.24) is 5.32 Å². The fourth-order valence-corrected chi connectivity index (χ4v) is 2.48. The van der Waals surface area contributed by atoms with Crippen molar-refractivity contribution in [2.75, 3.05) is 24.1 Å². The number of anilines is 2. The molecule has 98 valence electrons. The topological polar surface area (TPSA) is 90.9 Å². The molecule has 0 saturated carbocycles. The van der Waals surface area contributed by atoms with Crippen LogP contribution >= 0.6 is 11.3 Å². The van der Waals surface area contributed by atoms with Crippen LogP contribution in [0.2, 0.25) is 0 Å². The van der Waals surface area contributed by atoms with Gasteiger partial charge in [-0.15, -0.1) is 11.3 Å². The van der Waals surface area contributed by atoms with Gasteiger partial charge in [-0.1, -0.05) is 13.3 Å². The van der Waals surface area contributed by atoms with Crippen LogP contribution in [0.4, 0.5) is 10.7 Å². The fraction of sp³-hybridized carbons (Fsp3) is 0.500. The number of carbonyl (C=O) groups is 1. The first-order chi connectivity index (χ1) is 8.65. The van der Waals surface area contributed by atoms with Crippen LogP contribution in [0.3, 0.4) is 0 Å². The highest BCUT2D eigenvalue weighted by atomic mass is 32.1. The van der Waals surface area contributed by atoms with Crippen LogP contribution in [0.1, 0.15) is 41.9 Å². The van der Waals surface area contributed by atoms with Gasteiger partial charge in [0.25, 0.3) is 5.91 Å². The molecule has 6 heteroatoms. The number of nitrogen functional groups attached to an aromatic ring is 1. The number of hydrogen-bond acceptors (Lipinski definition) is 5. The average Bonchev–Trinajstić information content (AvgIpc) is 2.66. The normalized spacial score (nSPS) is 9.83. The lowest BCUT2D eigenvalue weighted by atomic mass is 10.2. The zero-order valence-electron chi connectivity index (χ0n) is 10.7. The summed E-state index contributed by atoms with van der Waals surface area (Å²) in [5.74, 6) is -0.222. The molecule has 5 nitrogen and oxygen atoms in total. The summed E-state index contributed by atoms with van der Waals surface area (Å²) in [6.07, 6.45) is 2.08. The maximum atomic E-state index is 11.8. The average molecular weight is 266 g/mol. The molecule has 0 saturated heterocycles. The van der Waals surface area contributed by atoms with Crippen LogP contribution in [0, 0.1) is 11.3 Å². The molecule has 1 rings (SSSR count). The van der Waals surface area contributed by atoms with Crippen molar-refractivity contribution in [3.63, 3.8) is 0 Å². The number of rotatable bonds is 6. The molecule has 0 fully saturated rings. The lowest BCUT2D eigenvalue weighted by molar-refractivity contribution is 0.0960. The lowest BCUT2D eigenvalue weighted by Crippen LogP contribution is -2.22. The van der Waals surface area contributed by atoms with Crippen molar-refractivity contribution in [2.45, 2.75) is 26.7 Å². The van der Waals surface area contributed by atoms with Crippen molar-refractivity contribution in [2.24, 2.45) is 0 Å². The van der Waals surface area contributed by atoms with Gasteiger partial charge in [0.15, 0.2) is 0 Å². The highest BCUT2D eigenvalue weighted by Gasteiger charge is 2.20. The molecule has 0 radical (unpaired) electrons. The quantitative estimate of drug-likeness (QED) is 0.688. The van der Waals surface area contributed by atoms with E-state index in [-0.39, 0.29) is 11.6 Å². The molecule has 0 aliphatic rings. The van der Waals surface area contributed by atoms with Gasteiger partial charge in [-0.2, -0.15) is 5.26 Å². The molecule has 1 aromatic heterocycles. The maximum absolute atomic E-state index is 11.8. The van der Waals surface area contributed by atoms with Crippen LogP contribution in [-0.2, 0) is 0 Å². The second kappa shape index (κ2) is 6.87. The minimum Gasteiger partial charge on any atom is -0.396 e. The van der Waals surface area contributed by atoms with Gasteiger partial charge in [-0.05, 0) is 13.3 Å². The van der Waals surface area contributed by atoms with Gasteiger partial charge in [0.2, 0.25) is 0 Å². The van der Waals surface area contributed by atoms with E-state index in [0.717, 1.165) is 19.4 Å². The van der Waals surface area contributed by atoms with Crippen LogP contribution in [0.25, 0.3) is 0 Å². The second-order valence-electron chi connectivity index (χ2n) is 3.80. The van der Waals surface area contributed by atoms with E-state index in [0.29, 0.717) is 22.0 Å². The molecule has 0 unspecified atom stereocenters. The first-order valence-corrected chi connectivity index (χ1v) is 6.81. The molecule has 1 amide bonds. The summed E-state index contributed by atoms with van der Waals surface area (Å²) in [4.78, 5) is 12.2. The number of thiophene rings is 1. The number of amides is 1. The van der Waals surface area contributed by atoms with Crippen LogP contribution in [0.5, 0.6) is 0 Å². The maximum Gasteiger partial charge on any atom is 0.263 e. The Labute approximate surface area is 111 Å². The van der Waals surface area contributed by atoms with E-state index in [9.17, 15) is 4.79 Å². The van der Waals surface area contributed by atoms with Gasteiger partial charge in [-0.25, -0.2) is 0 Å². The Kier molecular flexibility index (Phi) is 5.46. The van der Waals surface area contributed by atoms with E-state index in [1.165, 1.54) is 11.3 Å². The third-order valence-corrected chi connectivity index (χ3v) is 3.58. The van der Waals surface area contributed by atoms with Crippen LogP contribution in [0.15, 0.2) is 0 Å². The fourth-order valence-electron chi connectivity index (χ4n) is 1.47. The zero-order valence-corrected chi connectivity index (χ0v) is 11.5. The van der Waals surface area contributed by atoms with Gasteiger partial charge >= 0.3 is 0 Å². The Morgan fingerprint density at radius 3 is 2.78 bits per heavy atom. The summed E-state index contributed by atoms with van der Waals surface area (Å²) in [5, 5.41) is 15.6. The standard InChI is InChI=1S/C12H18N4OS/c1-3-5-6-16-12-8(7-13)9(14)10(18-12)11(17)15-4-2/h16H,3-6,14H2,1-2H3,(H,15,17). The SMILES string of the molecule is CCCCNc1sc(C(=O)NCC)c(N)c1C#N. The summed E-state index contributed by atoms with van der Waals surface area (Å²) < 4.78 is 0. The van der Waals surface area contributed by atoms with E-state index in [1.54, 1.807) is 0 Å². The van der Waals surface area contributed by atoms with Crippen molar-refractivity contribution < 1.29 is 4.79 Å². The minimum atomic E-state index is -0.222. The predicted molar refractivity (Wildman–Crippen MR) is 74.9 cm³/mol. The van der Waals surface area contributed by atoms with E-state index in [1.807, 2.05) is 6.92 Å². The molecular formula is C12H18N4OS. The lowest BCUT2D eigenvalue weighted by Gasteiger charge is -2.01. The summed E-state index contributed by atoms with van der Waals surface area (Å²) in [6.45, 7) is 5.25. The first-order valence-electron chi connectivity index (χ1n) is 6.00. The number of nitrogens with two attached hydrogens (primary N) is 1. The predicted octanol–water partition coefficient (Wildman–Crippen LogP) is 2.16. The molecule has 0 bridgehead atoms. The third-order valence-electron chi connectivity index (χ3n) is 2.42. The number of nitrogens with zero attached hydrogens (tertiary/aromatic N) is 1. The van der Waals surface area contributed by atoms with Gasteiger partial charge < -0.3 is 16.4 Å². The van der Waals surface area contributed by atoms with Crippen molar-refractivity contribution >= 4 is 27.9 Å². The Balaban J connectivity index is 2.95. The smallest absolute Gasteiger partial charge is 0.263 e. The molecule has 1 aromatic rings. The van der Waals surface area contributed by atoms with Crippen molar-refractivity contribution in [1.29, 1.82) is 5.26 Å². The highest BCUT2D eigenvalue weighted by molar-refractivity contribution is 7.18. The Morgan fingerprint density at radius 1 is 1.50 bits per heavy atom. The van der Waals surface area contributed by atoms with E-state index in [2.05, 4.69) is 23.6 Å². The Morgan fingerprint density at radius 2 is 2.22 bits per heavy atom. The number of hydrogen-bond donors (Lipinski definition) is 3. The number of nitriles is 1. The summed E-state index contributed by atoms with van der Waals surface area (Å²) in [6, 6.07) is 2.05. The number of unbranched alkanes of at least 4 members (excludes halogenated alkanes) is 1. The molecule has 1 heterocycles. The molecular weight excluding hydrogens is 248 g/mol. The molecule has 18 heavy (non-hydrogen) atoms.